The largest absolute Gasteiger partial charge is 0.323 e. The average molecular weight is 372 g/mol. The molecule has 6 nitrogen and oxygen atoms in total. The number of halogens is 1. The lowest BCUT2D eigenvalue weighted by Crippen LogP contribution is -2.19. The Morgan fingerprint density at radius 1 is 1.08 bits per heavy atom. The molecule has 1 aromatic heterocycles. The molecule has 3 N–H and O–H groups in total. The number of benzene rings is 2. The normalized spacial score (nSPS) is 10.6. The zero-order valence-electron chi connectivity index (χ0n) is 14.2. The van der Waals surface area contributed by atoms with Crippen LogP contribution in [0.15, 0.2) is 36.4 Å². The van der Waals surface area contributed by atoms with E-state index in [1.54, 1.807) is 38.1 Å². The van der Waals surface area contributed by atoms with Gasteiger partial charge in [0.2, 0.25) is 5.91 Å². The van der Waals surface area contributed by atoms with E-state index in [0.717, 1.165) is 4.70 Å². The first-order valence-electron chi connectivity index (χ1n) is 7.99. The summed E-state index contributed by atoms with van der Waals surface area (Å²) in [5.74, 6) is -0.486. The summed E-state index contributed by atoms with van der Waals surface area (Å²) in [7, 11) is 0. The van der Waals surface area contributed by atoms with Crippen LogP contribution >= 0.6 is 11.3 Å². The molecule has 0 aliphatic rings. The van der Waals surface area contributed by atoms with Gasteiger partial charge in [-0.05, 0) is 42.8 Å². The van der Waals surface area contributed by atoms with Gasteiger partial charge in [0, 0.05) is 17.8 Å². The molecule has 3 amide bonds. The van der Waals surface area contributed by atoms with Crippen LogP contribution in [0.2, 0.25) is 0 Å². The summed E-state index contributed by atoms with van der Waals surface area (Å²) in [6.07, 6.45) is 0.377. The number of thiazole rings is 1. The molecule has 0 saturated carbocycles. The molecule has 2 aromatic carbocycles. The van der Waals surface area contributed by atoms with Gasteiger partial charge in [-0.3, -0.25) is 4.79 Å². The lowest BCUT2D eigenvalue weighted by molar-refractivity contribution is -0.115. The monoisotopic (exact) mass is 372 g/mol. The first-order valence-corrected chi connectivity index (χ1v) is 8.81. The van der Waals surface area contributed by atoms with Gasteiger partial charge in [0.05, 0.1) is 10.2 Å². The fourth-order valence-corrected chi connectivity index (χ4v) is 3.09. The Labute approximate surface area is 153 Å². The number of amides is 3. The Hall–Kier alpha value is -3.00. The molecule has 3 rings (SSSR count). The second-order valence-electron chi connectivity index (χ2n) is 5.65. The minimum absolute atomic E-state index is 0.105. The van der Waals surface area contributed by atoms with Crippen molar-refractivity contribution in [1.29, 1.82) is 0 Å². The number of anilines is 3. The van der Waals surface area contributed by atoms with E-state index < -0.39 is 6.03 Å². The van der Waals surface area contributed by atoms with Crippen molar-refractivity contribution in [3.63, 3.8) is 0 Å². The molecule has 0 saturated heterocycles. The zero-order chi connectivity index (χ0) is 18.7. The van der Waals surface area contributed by atoms with Crippen molar-refractivity contribution in [3.8, 4) is 0 Å². The topological polar surface area (TPSA) is 83.1 Å². The highest BCUT2D eigenvalue weighted by molar-refractivity contribution is 7.22. The lowest BCUT2D eigenvalue weighted by Gasteiger charge is -2.08. The first-order chi connectivity index (χ1) is 12.4. The van der Waals surface area contributed by atoms with Gasteiger partial charge in [0.15, 0.2) is 5.13 Å². The van der Waals surface area contributed by atoms with Gasteiger partial charge < -0.3 is 16.0 Å². The smallest absolute Gasteiger partial charge is 0.308 e. The predicted octanol–water partition coefficient (Wildman–Crippen LogP) is 4.74. The molecule has 8 heteroatoms. The van der Waals surface area contributed by atoms with E-state index in [1.165, 1.54) is 17.4 Å². The SMILES string of the molecule is CCC(=O)Nc1nc2cc(NC(=O)Nc3ccc(C)c(F)c3)ccc2s1. The molecule has 26 heavy (non-hydrogen) atoms. The van der Waals surface area contributed by atoms with Crippen molar-refractivity contribution in [2.24, 2.45) is 0 Å². The summed E-state index contributed by atoms with van der Waals surface area (Å²) >= 11 is 1.36. The van der Waals surface area contributed by atoms with Crippen LogP contribution in [0.3, 0.4) is 0 Å². The van der Waals surface area contributed by atoms with Crippen LogP contribution in [-0.2, 0) is 4.79 Å². The van der Waals surface area contributed by atoms with E-state index in [-0.39, 0.29) is 11.7 Å². The fraction of sp³-hybridized carbons (Fsp3) is 0.167. The minimum Gasteiger partial charge on any atom is -0.308 e. The molecule has 134 valence electrons. The number of aromatic nitrogens is 1. The Kier molecular flexibility index (Phi) is 5.13. The number of nitrogens with one attached hydrogen (secondary N) is 3. The number of carbonyl (C=O) groups is 2. The standard InChI is InChI=1S/C18H17FN4O2S/c1-3-16(24)23-18-22-14-9-12(6-7-15(14)26-18)21-17(25)20-11-5-4-10(2)13(19)8-11/h4-9H,3H2,1-2H3,(H2,20,21,25)(H,22,23,24). The van der Waals surface area contributed by atoms with Crippen LogP contribution in [0, 0.1) is 12.7 Å². The second kappa shape index (κ2) is 7.49. The Balaban J connectivity index is 1.70. The summed E-state index contributed by atoms with van der Waals surface area (Å²) < 4.78 is 14.4. The highest BCUT2D eigenvalue weighted by atomic mass is 32.1. The highest BCUT2D eigenvalue weighted by Crippen LogP contribution is 2.28. The Morgan fingerprint density at radius 2 is 1.77 bits per heavy atom. The number of aryl methyl sites for hydroxylation is 1. The third-order valence-corrected chi connectivity index (χ3v) is 4.59. The third kappa shape index (κ3) is 4.15. The molecule has 1 heterocycles. The molecule has 0 aliphatic heterocycles. The van der Waals surface area contributed by atoms with Crippen molar-refractivity contribution in [3.05, 3.63) is 47.8 Å². The number of rotatable bonds is 4. The summed E-state index contributed by atoms with van der Waals surface area (Å²) in [5.41, 5.74) is 2.09. The highest BCUT2D eigenvalue weighted by Gasteiger charge is 2.09. The molecule has 3 aromatic rings. The van der Waals surface area contributed by atoms with E-state index in [9.17, 15) is 14.0 Å². The molecule has 0 unspecified atom stereocenters. The molecule has 0 aliphatic carbocycles. The van der Waals surface area contributed by atoms with Crippen LogP contribution < -0.4 is 16.0 Å². The van der Waals surface area contributed by atoms with E-state index in [1.807, 2.05) is 6.07 Å². The number of hydrogen-bond acceptors (Lipinski definition) is 4. The lowest BCUT2D eigenvalue weighted by atomic mass is 10.2. The fourth-order valence-electron chi connectivity index (χ4n) is 2.23. The molecule has 0 radical (unpaired) electrons. The Bertz CT molecular complexity index is 986. The van der Waals surface area contributed by atoms with Gasteiger partial charge in [-0.25, -0.2) is 14.2 Å². The van der Waals surface area contributed by atoms with Crippen LogP contribution in [0.5, 0.6) is 0 Å². The molecular weight excluding hydrogens is 355 g/mol. The van der Waals surface area contributed by atoms with Gasteiger partial charge >= 0.3 is 6.03 Å². The average Bonchev–Trinajstić information content (AvgIpc) is 2.99. The van der Waals surface area contributed by atoms with Gasteiger partial charge in [-0.15, -0.1) is 0 Å². The van der Waals surface area contributed by atoms with Crippen molar-refractivity contribution in [2.75, 3.05) is 16.0 Å². The van der Waals surface area contributed by atoms with Gasteiger partial charge in [-0.1, -0.05) is 24.3 Å². The van der Waals surface area contributed by atoms with Crippen LogP contribution in [0.25, 0.3) is 10.2 Å². The first kappa shape index (κ1) is 17.8. The zero-order valence-corrected chi connectivity index (χ0v) is 15.0. The van der Waals surface area contributed by atoms with Gasteiger partial charge in [-0.2, -0.15) is 0 Å². The minimum atomic E-state index is -0.484. The van der Waals surface area contributed by atoms with Crippen molar-refractivity contribution in [2.45, 2.75) is 20.3 Å². The maximum Gasteiger partial charge on any atom is 0.323 e. The number of urea groups is 1. The van der Waals surface area contributed by atoms with E-state index in [2.05, 4.69) is 20.9 Å². The number of carbonyl (C=O) groups excluding carboxylic acids is 2. The second-order valence-corrected chi connectivity index (χ2v) is 6.68. The predicted molar refractivity (Wildman–Crippen MR) is 102 cm³/mol. The molecule has 0 atom stereocenters. The number of hydrogen-bond donors (Lipinski definition) is 3. The van der Waals surface area contributed by atoms with E-state index in [4.69, 9.17) is 0 Å². The summed E-state index contributed by atoms with van der Waals surface area (Å²) in [4.78, 5) is 27.9. The van der Waals surface area contributed by atoms with Crippen LogP contribution in [0.1, 0.15) is 18.9 Å². The van der Waals surface area contributed by atoms with E-state index in [0.29, 0.717) is 34.0 Å². The number of fused-ring (bicyclic) bond motifs is 1. The van der Waals surface area contributed by atoms with E-state index >= 15 is 0 Å². The van der Waals surface area contributed by atoms with Crippen molar-refractivity contribution < 1.29 is 14.0 Å². The third-order valence-electron chi connectivity index (χ3n) is 3.64. The van der Waals surface area contributed by atoms with Gasteiger partial charge in [0.1, 0.15) is 5.82 Å². The van der Waals surface area contributed by atoms with Crippen LogP contribution in [-0.4, -0.2) is 16.9 Å². The summed E-state index contributed by atoms with van der Waals surface area (Å²) in [5, 5.41) is 8.50. The molecule has 0 fully saturated rings. The number of nitrogens with zero attached hydrogens (tertiary/aromatic N) is 1. The quantitative estimate of drug-likeness (QED) is 0.619. The summed E-state index contributed by atoms with van der Waals surface area (Å²) in [6, 6.07) is 9.27. The maximum absolute atomic E-state index is 13.5. The summed E-state index contributed by atoms with van der Waals surface area (Å²) in [6.45, 7) is 3.42. The maximum atomic E-state index is 13.5. The van der Waals surface area contributed by atoms with Gasteiger partial charge in [0.25, 0.3) is 0 Å². The van der Waals surface area contributed by atoms with Crippen LogP contribution in [0.4, 0.5) is 25.7 Å². The Morgan fingerprint density at radius 3 is 2.46 bits per heavy atom. The molecular formula is C18H17FN4O2S. The van der Waals surface area contributed by atoms with Crippen molar-refractivity contribution in [1.82, 2.24) is 4.98 Å². The molecule has 0 bridgehead atoms. The molecule has 0 spiro atoms. The van der Waals surface area contributed by atoms with Crippen molar-refractivity contribution >= 4 is 50.0 Å².